The van der Waals surface area contributed by atoms with E-state index in [4.69, 9.17) is 0 Å². The number of rotatable bonds is 10. The van der Waals surface area contributed by atoms with Gasteiger partial charge in [0.15, 0.2) is 0 Å². The van der Waals surface area contributed by atoms with Gasteiger partial charge in [0.1, 0.15) is 11.6 Å². The molecule has 0 aliphatic heterocycles. The Bertz CT molecular complexity index is 552. The number of nitriles is 1. The summed E-state index contributed by atoms with van der Waals surface area (Å²) in [5.74, 6) is -0.313. The minimum atomic E-state index is -0.313. The third-order valence-electron chi connectivity index (χ3n) is 3.92. The Labute approximate surface area is 146 Å². The van der Waals surface area contributed by atoms with Crippen LogP contribution < -0.4 is 5.32 Å². The van der Waals surface area contributed by atoms with Crippen LogP contribution in [-0.2, 0) is 4.79 Å². The lowest BCUT2D eigenvalue weighted by atomic mass is 10.1. The van der Waals surface area contributed by atoms with E-state index in [0.29, 0.717) is 0 Å². The molecule has 130 valence electrons. The van der Waals surface area contributed by atoms with E-state index in [9.17, 15) is 10.1 Å². The van der Waals surface area contributed by atoms with Crippen LogP contribution in [0.2, 0.25) is 0 Å². The standard InChI is InChI=1S/C20H29N3O/c1-4-6-13-23(14-7-5-2)16-19(15-21)20(24)22-17(3)18-11-9-8-10-12-18/h8-12,16-17H,4-7,13-14H2,1-3H3,(H,22,24)/b19-16-. The first-order valence-corrected chi connectivity index (χ1v) is 8.84. The smallest absolute Gasteiger partial charge is 0.263 e. The van der Waals surface area contributed by atoms with Crippen molar-refractivity contribution >= 4 is 5.91 Å². The Morgan fingerprint density at radius 1 is 1.21 bits per heavy atom. The molecule has 0 saturated carbocycles. The highest BCUT2D eigenvalue weighted by Crippen LogP contribution is 2.12. The lowest BCUT2D eigenvalue weighted by Gasteiger charge is -2.21. The largest absolute Gasteiger partial charge is 0.376 e. The summed E-state index contributed by atoms with van der Waals surface area (Å²) < 4.78 is 0. The monoisotopic (exact) mass is 327 g/mol. The van der Waals surface area contributed by atoms with Crippen LogP contribution in [0.1, 0.15) is 58.1 Å². The molecule has 1 atom stereocenters. The molecule has 1 unspecified atom stereocenters. The van der Waals surface area contributed by atoms with Crippen LogP contribution in [0.3, 0.4) is 0 Å². The number of benzene rings is 1. The van der Waals surface area contributed by atoms with Gasteiger partial charge >= 0.3 is 0 Å². The highest BCUT2D eigenvalue weighted by molar-refractivity contribution is 5.97. The summed E-state index contributed by atoms with van der Waals surface area (Å²) in [5, 5.41) is 12.3. The number of unbranched alkanes of at least 4 members (excludes halogenated alkanes) is 2. The minimum absolute atomic E-state index is 0.129. The maximum absolute atomic E-state index is 12.4. The molecule has 1 aromatic carbocycles. The van der Waals surface area contributed by atoms with Crippen LogP contribution in [0.15, 0.2) is 42.1 Å². The van der Waals surface area contributed by atoms with Crippen LogP contribution >= 0.6 is 0 Å². The lowest BCUT2D eigenvalue weighted by Crippen LogP contribution is -2.29. The second-order valence-corrected chi connectivity index (χ2v) is 6.00. The van der Waals surface area contributed by atoms with Gasteiger partial charge in [-0.3, -0.25) is 4.79 Å². The Balaban J connectivity index is 2.77. The summed E-state index contributed by atoms with van der Waals surface area (Å²) in [7, 11) is 0. The maximum Gasteiger partial charge on any atom is 0.263 e. The predicted molar refractivity (Wildman–Crippen MR) is 98.1 cm³/mol. The van der Waals surface area contributed by atoms with Crippen molar-refractivity contribution in [2.45, 2.75) is 52.5 Å². The zero-order valence-corrected chi connectivity index (χ0v) is 15.1. The van der Waals surface area contributed by atoms with Crippen LogP contribution in [-0.4, -0.2) is 23.9 Å². The summed E-state index contributed by atoms with van der Waals surface area (Å²) in [6.07, 6.45) is 6.02. The molecule has 0 heterocycles. The molecular formula is C20H29N3O. The Kier molecular flexibility index (Phi) is 9.29. The third-order valence-corrected chi connectivity index (χ3v) is 3.92. The molecular weight excluding hydrogens is 298 g/mol. The van der Waals surface area contributed by atoms with E-state index in [-0.39, 0.29) is 17.5 Å². The van der Waals surface area contributed by atoms with Crippen molar-refractivity contribution in [2.75, 3.05) is 13.1 Å². The van der Waals surface area contributed by atoms with Crippen LogP contribution in [0.4, 0.5) is 0 Å². The SMILES string of the molecule is CCCCN(/C=C(/C#N)C(=O)NC(C)c1ccccc1)CCCC. The van der Waals surface area contributed by atoms with Crippen molar-refractivity contribution in [3.8, 4) is 6.07 Å². The number of carbonyl (C=O) groups is 1. The van der Waals surface area contributed by atoms with E-state index in [1.165, 1.54) is 0 Å². The molecule has 0 aliphatic rings. The number of nitrogens with one attached hydrogen (secondary N) is 1. The Hall–Kier alpha value is -2.28. The average Bonchev–Trinajstić information content (AvgIpc) is 2.61. The summed E-state index contributed by atoms with van der Waals surface area (Å²) in [6.45, 7) is 7.96. The van der Waals surface area contributed by atoms with E-state index in [2.05, 4.69) is 24.1 Å². The van der Waals surface area contributed by atoms with Crippen molar-refractivity contribution in [3.63, 3.8) is 0 Å². The highest BCUT2D eigenvalue weighted by Gasteiger charge is 2.14. The minimum Gasteiger partial charge on any atom is -0.376 e. The van der Waals surface area contributed by atoms with Gasteiger partial charge in [-0.25, -0.2) is 0 Å². The first-order chi connectivity index (χ1) is 11.6. The van der Waals surface area contributed by atoms with Crippen LogP contribution in [0.5, 0.6) is 0 Å². The van der Waals surface area contributed by atoms with Crippen molar-refractivity contribution in [1.29, 1.82) is 5.26 Å². The molecule has 4 nitrogen and oxygen atoms in total. The summed E-state index contributed by atoms with van der Waals surface area (Å²) in [6, 6.07) is 11.7. The highest BCUT2D eigenvalue weighted by atomic mass is 16.1. The third kappa shape index (κ3) is 6.87. The van der Waals surface area contributed by atoms with Crippen molar-refractivity contribution in [3.05, 3.63) is 47.7 Å². The first kappa shape index (κ1) is 19.8. The number of amides is 1. The van der Waals surface area contributed by atoms with Gasteiger partial charge in [0.05, 0.1) is 6.04 Å². The van der Waals surface area contributed by atoms with Gasteiger partial charge < -0.3 is 10.2 Å². The molecule has 0 radical (unpaired) electrons. The molecule has 24 heavy (non-hydrogen) atoms. The van der Waals surface area contributed by atoms with Crippen molar-refractivity contribution in [1.82, 2.24) is 10.2 Å². The maximum atomic E-state index is 12.4. The Morgan fingerprint density at radius 3 is 2.29 bits per heavy atom. The molecule has 4 heteroatoms. The number of carbonyl (C=O) groups excluding carboxylic acids is 1. The Morgan fingerprint density at radius 2 is 1.79 bits per heavy atom. The van der Waals surface area contributed by atoms with Gasteiger partial charge in [-0.1, -0.05) is 57.0 Å². The fraction of sp³-hybridized carbons (Fsp3) is 0.500. The predicted octanol–water partition coefficient (Wildman–Crippen LogP) is 4.17. The molecule has 1 N–H and O–H groups in total. The summed E-state index contributed by atoms with van der Waals surface area (Å²) in [4.78, 5) is 14.5. The average molecular weight is 327 g/mol. The fourth-order valence-corrected chi connectivity index (χ4v) is 2.38. The molecule has 0 aliphatic carbocycles. The van der Waals surface area contributed by atoms with E-state index in [1.807, 2.05) is 43.3 Å². The van der Waals surface area contributed by atoms with Gasteiger partial charge in [0.2, 0.25) is 0 Å². The van der Waals surface area contributed by atoms with E-state index < -0.39 is 0 Å². The van der Waals surface area contributed by atoms with E-state index in [1.54, 1.807) is 6.20 Å². The van der Waals surface area contributed by atoms with Gasteiger partial charge in [0.25, 0.3) is 5.91 Å². The second kappa shape index (κ2) is 11.3. The molecule has 1 amide bonds. The fourth-order valence-electron chi connectivity index (χ4n) is 2.38. The van der Waals surface area contributed by atoms with E-state index in [0.717, 1.165) is 44.3 Å². The van der Waals surface area contributed by atoms with E-state index >= 15 is 0 Å². The summed E-state index contributed by atoms with van der Waals surface area (Å²) in [5.41, 5.74) is 1.20. The van der Waals surface area contributed by atoms with Gasteiger partial charge in [-0.2, -0.15) is 5.26 Å². The molecule has 1 rings (SSSR count). The van der Waals surface area contributed by atoms with Crippen molar-refractivity contribution in [2.24, 2.45) is 0 Å². The number of nitrogens with zero attached hydrogens (tertiary/aromatic N) is 2. The topological polar surface area (TPSA) is 56.1 Å². The molecule has 1 aromatic rings. The zero-order chi connectivity index (χ0) is 17.8. The van der Waals surface area contributed by atoms with Gasteiger partial charge in [0, 0.05) is 19.3 Å². The number of hydrogen-bond acceptors (Lipinski definition) is 3. The first-order valence-electron chi connectivity index (χ1n) is 8.84. The summed E-state index contributed by atoms with van der Waals surface area (Å²) >= 11 is 0. The molecule has 0 spiro atoms. The van der Waals surface area contributed by atoms with Crippen molar-refractivity contribution < 1.29 is 4.79 Å². The zero-order valence-electron chi connectivity index (χ0n) is 15.1. The normalized spacial score (nSPS) is 12.3. The molecule has 0 bridgehead atoms. The molecule has 0 aromatic heterocycles. The van der Waals surface area contributed by atoms with Crippen LogP contribution in [0, 0.1) is 11.3 Å². The van der Waals surface area contributed by atoms with Gasteiger partial charge in [-0.15, -0.1) is 0 Å². The lowest BCUT2D eigenvalue weighted by molar-refractivity contribution is -0.117. The van der Waals surface area contributed by atoms with Gasteiger partial charge in [-0.05, 0) is 25.3 Å². The quantitative estimate of drug-likeness (QED) is 0.518. The molecule has 0 saturated heterocycles. The van der Waals surface area contributed by atoms with Crippen LogP contribution in [0.25, 0.3) is 0 Å². The molecule has 0 fully saturated rings. The second-order valence-electron chi connectivity index (χ2n) is 6.00. The number of hydrogen-bond donors (Lipinski definition) is 1.